The Morgan fingerprint density at radius 3 is 2.00 bits per heavy atom. The van der Waals surface area contributed by atoms with Crippen molar-refractivity contribution < 1.29 is 13.9 Å². The number of hydrogen-bond acceptors (Lipinski definition) is 2. The number of alkyl halides is 1. The highest BCUT2D eigenvalue weighted by Crippen LogP contribution is 2.24. The summed E-state index contributed by atoms with van der Waals surface area (Å²) in [6.45, 7) is 0. The van der Waals surface area contributed by atoms with E-state index in [-0.39, 0.29) is 0 Å². The lowest BCUT2D eigenvalue weighted by Gasteiger charge is -2.06. The Morgan fingerprint density at radius 2 is 1.35 bits per heavy atom. The number of methoxy groups -OCH3 is 1. The van der Waals surface area contributed by atoms with Gasteiger partial charge in [-0.25, -0.2) is 0 Å². The molecule has 0 amide bonds. The van der Waals surface area contributed by atoms with Gasteiger partial charge in [0.25, 0.3) is 0 Å². The van der Waals surface area contributed by atoms with Crippen LogP contribution in [0.4, 0.5) is 4.39 Å². The standard InChI is InChI=1S/C13H12O2.CH3F/c1-14-12-8-5-9-13(10-12)15-11-6-3-2-4-7-11;1-2/h2-10H,1H3;1H3. The first-order valence-electron chi connectivity index (χ1n) is 5.13. The van der Waals surface area contributed by atoms with Gasteiger partial charge in [-0.3, -0.25) is 4.39 Å². The minimum atomic E-state index is 0.500. The molecule has 2 nitrogen and oxygen atoms in total. The van der Waals surface area contributed by atoms with Crippen LogP contribution in [-0.2, 0) is 0 Å². The second-order valence-electron chi connectivity index (χ2n) is 3.09. The third-order valence-corrected chi connectivity index (χ3v) is 2.02. The highest BCUT2D eigenvalue weighted by molar-refractivity contribution is 5.36. The summed E-state index contributed by atoms with van der Waals surface area (Å²) < 4.78 is 20.3. The van der Waals surface area contributed by atoms with E-state index in [0.29, 0.717) is 7.18 Å². The highest BCUT2D eigenvalue weighted by Gasteiger charge is 1.97. The molecule has 2 rings (SSSR count). The molecule has 0 N–H and O–H groups in total. The zero-order chi connectivity index (χ0) is 12.5. The van der Waals surface area contributed by atoms with Crippen molar-refractivity contribution in [1.82, 2.24) is 0 Å². The molecular formula is C14H15FO2. The zero-order valence-electron chi connectivity index (χ0n) is 9.89. The largest absolute Gasteiger partial charge is 0.497 e. The predicted octanol–water partition coefficient (Wildman–Crippen LogP) is 4.07. The van der Waals surface area contributed by atoms with E-state index in [1.54, 1.807) is 7.11 Å². The normalized spacial score (nSPS) is 8.88. The molecule has 0 atom stereocenters. The molecule has 0 aromatic heterocycles. The monoisotopic (exact) mass is 234 g/mol. The van der Waals surface area contributed by atoms with E-state index >= 15 is 0 Å². The number of halogens is 1. The second-order valence-corrected chi connectivity index (χ2v) is 3.09. The maximum Gasteiger partial charge on any atom is 0.131 e. The Bertz CT molecular complexity index is 429. The Hall–Kier alpha value is -2.03. The Balaban J connectivity index is 0.000000686. The smallest absolute Gasteiger partial charge is 0.131 e. The molecular weight excluding hydrogens is 219 g/mol. The second kappa shape index (κ2) is 7.28. The van der Waals surface area contributed by atoms with Crippen molar-refractivity contribution in [2.24, 2.45) is 0 Å². The van der Waals surface area contributed by atoms with Gasteiger partial charge in [-0.1, -0.05) is 24.3 Å². The molecule has 0 fully saturated rings. The van der Waals surface area contributed by atoms with Crippen molar-refractivity contribution in [1.29, 1.82) is 0 Å². The highest BCUT2D eigenvalue weighted by atomic mass is 19.1. The van der Waals surface area contributed by atoms with Gasteiger partial charge < -0.3 is 9.47 Å². The average Bonchev–Trinajstić information content (AvgIpc) is 2.42. The SMILES string of the molecule is CF.COc1cccc(Oc2ccccc2)c1. The molecule has 90 valence electrons. The van der Waals surface area contributed by atoms with Gasteiger partial charge in [0.05, 0.1) is 14.3 Å². The molecule has 0 aliphatic rings. The van der Waals surface area contributed by atoms with E-state index in [4.69, 9.17) is 9.47 Å². The summed E-state index contributed by atoms with van der Waals surface area (Å²) in [6, 6.07) is 17.2. The van der Waals surface area contributed by atoms with Crippen LogP contribution in [0.5, 0.6) is 17.2 Å². The predicted molar refractivity (Wildman–Crippen MR) is 66.5 cm³/mol. The van der Waals surface area contributed by atoms with Crippen LogP contribution in [0.3, 0.4) is 0 Å². The van der Waals surface area contributed by atoms with E-state index in [9.17, 15) is 4.39 Å². The fourth-order valence-electron chi connectivity index (χ4n) is 1.29. The average molecular weight is 234 g/mol. The van der Waals surface area contributed by atoms with E-state index in [1.165, 1.54) is 0 Å². The van der Waals surface area contributed by atoms with E-state index < -0.39 is 0 Å². The molecule has 17 heavy (non-hydrogen) atoms. The molecule has 0 saturated carbocycles. The van der Waals surface area contributed by atoms with Gasteiger partial charge >= 0.3 is 0 Å². The minimum Gasteiger partial charge on any atom is -0.497 e. The van der Waals surface area contributed by atoms with Crippen LogP contribution >= 0.6 is 0 Å². The maximum atomic E-state index is 9.50. The van der Waals surface area contributed by atoms with Gasteiger partial charge in [-0.2, -0.15) is 0 Å². The van der Waals surface area contributed by atoms with E-state index in [2.05, 4.69) is 0 Å². The van der Waals surface area contributed by atoms with E-state index in [1.807, 2.05) is 54.6 Å². The topological polar surface area (TPSA) is 18.5 Å². The summed E-state index contributed by atoms with van der Waals surface area (Å²) in [4.78, 5) is 0. The molecule has 0 heterocycles. The number of benzene rings is 2. The van der Waals surface area contributed by atoms with Crippen LogP contribution in [-0.4, -0.2) is 14.3 Å². The summed E-state index contributed by atoms with van der Waals surface area (Å²) in [6.07, 6.45) is 0. The van der Waals surface area contributed by atoms with Crippen LogP contribution in [0.25, 0.3) is 0 Å². The van der Waals surface area contributed by atoms with Gasteiger partial charge in [0, 0.05) is 6.07 Å². The summed E-state index contributed by atoms with van der Waals surface area (Å²) in [5.41, 5.74) is 0. The first-order valence-corrected chi connectivity index (χ1v) is 5.13. The molecule has 0 aliphatic carbocycles. The number of para-hydroxylation sites is 1. The number of ether oxygens (including phenoxy) is 2. The van der Waals surface area contributed by atoms with Gasteiger partial charge in [0.1, 0.15) is 17.2 Å². The molecule has 0 saturated heterocycles. The summed E-state index contributed by atoms with van der Waals surface area (Å²) in [5, 5.41) is 0. The van der Waals surface area contributed by atoms with Gasteiger partial charge in [0.2, 0.25) is 0 Å². The Kier molecular flexibility index (Phi) is 5.58. The van der Waals surface area contributed by atoms with Crippen molar-refractivity contribution >= 4 is 0 Å². The van der Waals surface area contributed by atoms with Crippen LogP contribution < -0.4 is 9.47 Å². The third kappa shape index (κ3) is 4.15. The molecule has 3 heteroatoms. The Labute approximate surface area is 101 Å². The van der Waals surface area contributed by atoms with Gasteiger partial charge in [-0.15, -0.1) is 0 Å². The molecule has 2 aromatic rings. The number of rotatable bonds is 3. The summed E-state index contributed by atoms with van der Waals surface area (Å²) >= 11 is 0. The molecule has 0 aliphatic heterocycles. The summed E-state index contributed by atoms with van der Waals surface area (Å²) in [5.74, 6) is 2.40. The lowest BCUT2D eigenvalue weighted by Crippen LogP contribution is -1.85. The Morgan fingerprint density at radius 1 is 0.765 bits per heavy atom. The van der Waals surface area contributed by atoms with Gasteiger partial charge in [-0.05, 0) is 24.3 Å². The quantitative estimate of drug-likeness (QED) is 0.796. The third-order valence-electron chi connectivity index (χ3n) is 2.02. The van der Waals surface area contributed by atoms with Crippen LogP contribution in [0.15, 0.2) is 54.6 Å². The van der Waals surface area contributed by atoms with Crippen molar-refractivity contribution in [3.63, 3.8) is 0 Å². The van der Waals surface area contributed by atoms with Crippen LogP contribution in [0.2, 0.25) is 0 Å². The van der Waals surface area contributed by atoms with Crippen molar-refractivity contribution in [3.05, 3.63) is 54.6 Å². The van der Waals surface area contributed by atoms with E-state index in [0.717, 1.165) is 17.2 Å². The fraction of sp³-hybridized carbons (Fsp3) is 0.143. The molecule has 0 radical (unpaired) electrons. The van der Waals surface area contributed by atoms with Gasteiger partial charge in [0.15, 0.2) is 0 Å². The van der Waals surface area contributed by atoms with Crippen molar-refractivity contribution in [3.8, 4) is 17.2 Å². The van der Waals surface area contributed by atoms with Crippen LogP contribution in [0.1, 0.15) is 0 Å². The zero-order valence-corrected chi connectivity index (χ0v) is 9.89. The van der Waals surface area contributed by atoms with Crippen molar-refractivity contribution in [2.45, 2.75) is 0 Å². The lowest BCUT2D eigenvalue weighted by atomic mass is 10.3. The first kappa shape index (κ1) is 13.0. The molecule has 2 aromatic carbocycles. The fourth-order valence-corrected chi connectivity index (χ4v) is 1.29. The molecule has 0 bridgehead atoms. The molecule has 0 unspecified atom stereocenters. The maximum absolute atomic E-state index is 9.50. The minimum absolute atomic E-state index is 0.500. The lowest BCUT2D eigenvalue weighted by molar-refractivity contribution is 0.409. The number of hydrogen-bond donors (Lipinski definition) is 0. The molecule has 0 spiro atoms. The first-order chi connectivity index (χ1) is 8.38. The summed E-state index contributed by atoms with van der Waals surface area (Å²) in [7, 11) is 2.14. The van der Waals surface area contributed by atoms with Crippen LogP contribution in [0, 0.1) is 0 Å². The van der Waals surface area contributed by atoms with Crippen molar-refractivity contribution in [2.75, 3.05) is 14.3 Å².